The van der Waals surface area contributed by atoms with Gasteiger partial charge in [0.1, 0.15) is 0 Å². The van der Waals surface area contributed by atoms with Crippen LogP contribution in [0.25, 0.3) is 0 Å². The fourth-order valence-electron chi connectivity index (χ4n) is 1.39. The van der Waals surface area contributed by atoms with Crippen molar-refractivity contribution in [2.45, 2.75) is 46.2 Å². The average molecular weight is 256 g/mol. The van der Waals surface area contributed by atoms with Gasteiger partial charge in [0.25, 0.3) is 0 Å². The van der Waals surface area contributed by atoms with Crippen LogP contribution in [0.3, 0.4) is 0 Å². The molecule has 0 aliphatic heterocycles. The number of hydrogen-bond donors (Lipinski definition) is 2. The lowest BCUT2D eigenvalue weighted by molar-refractivity contribution is -0.137. The molecule has 0 saturated carbocycles. The van der Waals surface area contributed by atoms with Gasteiger partial charge in [0.05, 0.1) is 12.6 Å². The quantitative estimate of drug-likeness (QED) is 0.525. The molecular weight excluding hydrogens is 232 g/mol. The second-order valence-electron chi connectivity index (χ2n) is 4.64. The first-order valence-corrected chi connectivity index (χ1v) is 6.27. The zero-order valence-corrected chi connectivity index (χ0v) is 11.6. The number of ether oxygens (including phenoxy) is 1. The molecule has 0 aliphatic carbocycles. The van der Waals surface area contributed by atoms with E-state index in [1.807, 2.05) is 13.8 Å². The number of carbonyl (C=O) groups is 2. The van der Waals surface area contributed by atoms with Crippen LogP contribution in [-0.2, 0) is 14.3 Å². The molecule has 18 heavy (non-hydrogen) atoms. The van der Waals surface area contributed by atoms with Gasteiger partial charge in [0.2, 0.25) is 5.91 Å². The van der Waals surface area contributed by atoms with Gasteiger partial charge in [0, 0.05) is 12.1 Å². The zero-order chi connectivity index (χ0) is 14.1. The molecule has 1 amide bonds. The smallest absolute Gasteiger partial charge is 0.330 e. The molecule has 0 aromatic carbocycles. The first kappa shape index (κ1) is 16.6. The van der Waals surface area contributed by atoms with E-state index in [0.717, 1.165) is 6.42 Å². The Hall–Kier alpha value is -1.36. The summed E-state index contributed by atoms with van der Waals surface area (Å²) < 4.78 is 4.79. The van der Waals surface area contributed by atoms with Crippen LogP contribution in [0.4, 0.5) is 0 Å². The highest BCUT2D eigenvalue weighted by molar-refractivity contribution is 5.83. The van der Waals surface area contributed by atoms with Gasteiger partial charge in [-0.2, -0.15) is 0 Å². The lowest BCUT2D eigenvalue weighted by atomic mass is 10.0. The molecule has 0 aliphatic rings. The van der Waals surface area contributed by atoms with E-state index >= 15 is 0 Å². The van der Waals surface area contributed by atoms with Gasteiger partial charge < -0.3 is 15.8 Å². The molecule has 3 N–H and O–H groups in total. The molecule has 0 saturated heterocycles. The van der Waals surface area contributed by atoms with Crippen LogP contribution in [0, 0.1) is 5.92 Å². The molecule has 0 heterocycles. The summed E-state index contributed by atoms with van der Waals surface area (Å²) in [6, 6.07) is -0.761. The predicted octanol–water partition coefficient (Wildman–Crippen LogP) is 0.984. The fourth-order valence-corrected chi connectivity index (χ4v) is 1.39. The Morgan fingerprint density at radius 1 is 1.33 bits per heavy atom. The molecule has 2 unspecified atom stereocenters. The molecule has 5 heteroatoms. The molecular formula is C13H24N2O3. The topological polar surface area (TPSA) is 81.4 Å². The van der Waals surface area contributed by atoms with E-state index in [4.69, 9.17) is 10.5 Å². The lowest BCUT2D eigenvalue weighted by Gasteiger charge is -2.18. The molecule has 104 valence electrons. The summed E-state index contributed by atoms with van der Waals surface area (Å²) >= 11 is 0. The van der Waals surface area contributed by atoms with Crippen molar-refractivity contribution in [3.8, 4) is 0 Å². The minimum absolute atomic E-state index is 0.201. The average Bonchev–Trinajstić information content (AvgIpc) is 2.25. The van der Waals surface area contributed by atoms with Crippen molar-refractivity contribution < 1.29 is 14.3 Å². The van der Waals surface area contributed by atoms with Crippen LogP contribution >= 0.6 is 0 Å². The van der Waals surface area contributed by atoms with Crippen LogP contribution in [0.15, 0.2) is 12.2 Å². The summed E-state index contributed by atoms with van der Waals surface area (Å²) in [4.78, 5) is 22.7. The number of hydrogen-bond acceptors (Lipinski definition) is 4. The first-order chi connectivity index (χ1) is 8.36. The number of rotatable bonds is 7. The van der Waals surface area contributed by atoms with Gasteiger partial charge in [-0.15, -0.1) is 0 Å². The van der Waals surface area contributed by atoms with E-state index in [9.17, 15) is 9.59 Å². The Bertz CT molecular complexity index is 299. The summed E-state index contributed by atoms with van der Waals surface area (Å²) in [6.45, 7) is 7.79. The number of esters is 1. The van der Waals surface area contributed by atoms with Crippen molar-refractivity contribution >= 4 is 11.9 Å². The third-order valence-electron chi connectivity index (χ3n) is 2.22. The highest BCUT2D eigenvalue weighted by Gasteiger charge is 2.14. The summed E-state index contributed by atoms with van der Waals surface area (Å²) in [5.74, 6) is -0.231. The Morgan fingerprint density at radius 2 is 1.94 bits per heavy atom. The van der Waals surface area contributed by atoms with Crippen LogP contribution in [0.5, 0.6) is 0 Å². The number of amides is 1. The Kier molecular flexibility index (Phi) is 8.03. The van der Waals surface area contributed by atoms with E-state index in [2.05, 4.69) is 5.32 Å². The van der Waals surface area contributed by atoms with E-state index in [0.29, 0.717) is 12.5 Å². The minimum Gasteiger partial charge on any atom is -0.463 e. The highest BCUT2D eigenvalue weighted by Crippen LogP contribution is 2.06. The molecule has 2 atom stereocenters. The van der Waals surface area contributed by atoms with Crippen molar-refractivity contribution in [2.75, 3.05) is 6.61 Å². The number of nitrogens with one attached hydrogen (secondary N) is 1. The SMILES string of the molecule is CCOC(=O)/C=C/C(CC(C)C)NC(=O)C(C)N. The maximum absolute atomic E-state index is 11.5. The number of nitrogens with two attached hydrogens (primary N) is 1. The highest BCUT2D eigenvalue weighted by atomic mass is 16.5. The van der Waals surface area contributed by atoms with Crippen molar-refractivity contribution in [1.82, 2.24) is 5.32 Å². The Labute approximate surface area is 109 Å². The predicted molar refractivity (Wildman–Crippen MR) is 70.8 cm³/mol. The lowest BCUT2D eigenvalue weighted by Crippen LogP contribution is -2.43. The standard InChI is InChI=1S/C13H24N2O3/c1-5-18-12(16)7-6-11(8-9(2)3)15-13(17)10(4)14/h6-7,9-11H,5,8,14H2,1-4H3,(H,15,17)/b7-6+. The van der Waals surface area contributed by atoms with Crippen molar-refractivity contribution in [3.05, 3.63) is 12.2 Å². The Morgan fingerprint density at radius 3 is 2.39 bits per heavy atom. The van der Waals surface area contributed by atoms with Gasteiger partial charge in [0.15, 0.2) is 0 Å². The molecule has 0 aromatic heterocycles. The van der Waals surface area contributed by atoms with E-state index in [1.54, 1.807) is 19.9 Å². The van der Waals surface area contributed by atoms with Crippen molar-refractivity contribution in [1.29, 1.82) is 0 Å². The van der Waals surface area contributed by atoms with Gasteiger partial charge in [-0.1, -0.05) is 19.9 Å². The van der Waals surface area contributed by atoms with Gasteiger partial charge in [-0.25, -0.2) is 4.79 Å². The first-order valence-electron chi connectivity index (χ1n) is 6.27. The second-order valence-corrected chi connectivity index (χ2v) is 4.64. The van der Waals surface area contributed by atoms with Crippen molar-refractivity contribution in [2.24, 2.45) is 11.7 Å². The fraction of sp³-hybridized carbons (Fsp3) is 0.692. The summed E-state index contributed by atoms with van der Waals surface area (Å²) in [7, 11) is 0. The number of carbonyl (C=O) groups excluding carboxylic acids is 2. The van der Waals surface area contributed by atoms with Crippen LogP contribution in [-0.4, -0.2) is 30.6 Å². The molecule has 0 bridgehead atoms. The second kappa shape index (κ2) is 8.69. The zero-order valence-electron chi connectivity index (χ0n) is 11.6. The molecule has 0 spiro atoms. The third-order valence-corrected chi connectivity index (χ3v) is 2.22. The monoisotopic (exact) mass is 256 g/mol. The molecule has 0 rings (SSSR count). The Balaban J connectivity index is 4.48. The van der Waals surface area contributed by atoms with Gasteiger partial charge in [-0.3, -0.25) is 4.79 Å². The third kappa shape index (κ3) is 7.84. The molecule has 5 nitrogen and oxygen atoms in total. The largest absolute Gasteiger partial charge is 0.463 e. The summed E-state index contributed by atoms with van der Waals surface area (Å²) in [5, 5.41) is 2.79. The van der Waals surface area contributed by atoms with E-state index in [-0.39, 0.29) is 11.9 Å². The summed E-state index contributed by atoms with van der Waals surface area (Å²) in [6.07, 6.45) is 3.74. The summed E-state index contributed by atoms with van der Waals surface area (Å²) in [5.41, 5.74) is 5.49. The van der Waals surface area contributed by atoms with Crippen molar-refractivity contribution in [3.63, 3.8) is 0 Å². The maximum Gasteiger partial charge on any atom is 0.330 e. The normalized spacial score (nSPS) is 14.6. The van der Waals surface area contributed by atoms with Gasteiger partial charge >= 0.3 is 5.97 Å². The van der Waals surface area contributed by atoms with E-state index < -0.39 is 12.0 Å². The molecule has 0 fully saturated rings. The van der Waals surface area contributed by atoms with Crippen LogP contribution < -0.4 is 11.1 Å². The van der Waals surface area contributed by atoms with Gasteiger partial charge in [-0.05, 0) is 26.2 Å². The maximum atomic E-state index is 11.5. The minimum atomic E-state index is -0.560. The molecule has 0 aromatic rings. The van der Waals surface area contributed by atoms with E-state index in [1.165, 1.54) is 6.08 Å². The van der Waals surface area contributed by atoms with Crippen LogP contribution in [0.2, 0.25) is 0 Å². The molecule has 0 radical (unpaired) electrons. The van der Waals surface area contributed by atoms with Crippen LogP contribution in [0.1, 0.15) is 34.1 Å².